The molecule has 0 saturated carbocycles. The van der Waals surface area contributed by atoms with Crippen LogP contribution in [0.25, 0.3) is 0 Å². The smallest absolute Gasteiger partial charge is 0.251 e. The normalized spacial score (nSPS) is 14.6. The molecule has 1 unspecified atom stereocenters. The van der Waals surface area contributed by atoms with Crippen LogP contribution >= 0.6 is 0 Å². The first kappa shape index (κ1) is 22.6. The van der Waals surface area contributed by atoms with E-state index in [1.807, 2.05) is 53.4 Å². The van der Waals surface area contributed by atoms with Gasteiger partial charge in [0, 0.05) is 37.4 Å². The Kier molecular flexibility index (Phi) is 7.08. The summed E-state index contributed by atoms with van der Waals surface area (Å²) in [4.78, 5) is 30.3. The molecule has 5 nitrogen and oxygen atoms in total. The molecule has 1 N–H and O–H groups in total. The fourth-order valence-electron chi connectivity index (χ4n) is 4.35. The molecule has 4 rings (SSSR count). The molecule has 2 amide bonds. The Labute approximate surface area is 196 Å². The molecule has 1 aliphatic rings. The number of carbonyl (C=O) groups is 2. The molecule has 170 valence electrons. The molecule has 0 aromatic heterocycles. The van der Waals surface area contributed by atoms with Crippen LogP contribution in [0.1, 0.15) is 39.5 Å². The number of piperazine rings is 1. The Bertz CT molecular complexity index is 1090. The van der Waals surface area contributed by atoms with Crippen LogP contribution in [0.2, 0.25) is 0 Å². The van der Waals surface area contributed by atoms with Gasteiger partial charge in [0.25, 0.3) is 5.91 Å². The number of rotatable bonds is 6. The lowest BCUT2D eigenvalue weighted by Gasteiger charge is -2.37. The number of hydrogen-bond acceptors (Lipinski definition) is 3. The minimum atomic E-state index is -0.372. The van der Waals surface area contributed by atoms with Crippen LogP contribution in [0.5, 0.6) is 0 Å². The van der Waals surface area contributed by atoms with E-state index in [-0.39, 0.29) is 24.3 Å². The van der Waals surface area contributed by atoms with Crippen LogP contribution in [-0.4, -0.2) is 42.9 Å². The second-order valence-electron chi connectivity index (χ2n) is 8.59. The van der Waals surface area contributed by atoms with Crippen molar-refractivity contribution in [2.45, 2.75) is 26.3 Å². The number of carbonyl (C=O) groups excluding carboxylic acids is 2. The number of aryl methyl sites for hydroxylation is 1. The topological polar surface area (TPSA) is 52.6 Å². The second kappa shape index (κ2) is 10.3. The van der Waals surface area contributed by atoms with E-state index in [2.05, 4.69) is 42.3 Å². The highest BCUT2D eigenvalue weighted by Crippen LogP contribution is 2.25. The largest absolute Gasteiger partial charge is 0.368 e. The molecule has 1 aliphatic heterocycles. The van der Waals surface area contributed by atoms with Crippen molar-refractivity contribution >= 4 is 17.5 Å². The van der Waals surface area contributed by atoms with Gasteiger partial charge in [-0.15, -0.1) is 0 Å². The fourth-order valence-corrected chi connectivity index (χ4v) is 4.35. The summed E-state index contributed by atoms with van der Waals surface area (Å²) in [7, 11) is 0. The van der Waals surface area contributed by atoms with Crippen LogP contribution < -0.4 is 10.2 Å². The van der Waals surface area contributed by atoms with Gasteiger partial charge in [-0.25, -0.2) is 0 Å². The molecular formula is C28H31N3O2. The fraction of sp³-hybridized carbons (Fsp3) is 0.286. The van der Waals surface area contributed by atoms with Gasteiger partial charge in [-0.05, 0) is 48.7 Å². The van der Waals surface area contributed by atoms with E-state index in [0.29, 0.717) is 18.7 Å². The van der Waals surface area contributed by atoms with Gasteiger partial charge in [-0.1, -0.05) is 60.7 Å². The predicted octanol–water partition coefficient (Wildman–Crippen LogP) is 4.51. The van der Waals surface area contributed by atoms with Crippen LogP contribution in [0.3, 0.4) is 0 Å². The maximum atomic E-state index is 13.2. The monoisotopic (exact) mass is 441 g/mol. The second-order valence-corrected chi connectivity index (χ2v) is 8.59. The summed E-state index contributed by atoms with van der Waals surface area (Å²) in [6.45, 7) is 7.26. The SMILES string of the molecule is Cc1cccc(N2CCN(C(=O)CC(NC(=O)c3ccccc3)c3ccccc3)CC2)c1C. The standard InChI is InChI=1S/C28H31N3O2/c1-21-10-9-15-26(22(21)2)30-16-18-31(19-17-30)27(32)20-25(23-11-5-3-6-12-23)29-28(33)24-13-7-4-8-14-24/h3-15,25H,16-20H2,1-2H3,(H,29,33). The lowest BCUT2D eigenvalue weighted by molar-refractivity contribution is -0.132. The first-order chi connectivity index (χ1) is 16.0. The Morgan fingerprint density at radius 1 is 0.818 bits per heavy atom. The summed E-state index contributed by atoms with van der Waals surface area (Å²) < 4.78 is 0. The van der Waals surface area contributed by atoms with Gasteiger partial charge in [-0.2, -0.15) is 0 Å². The number of amides is 2. The Morgan fingerprint density at radius 3 is 2.12 bits per heavy atom. The van der Waals surface area contributed by atoms with E-state index in [4.69, 9.17) is 0 Å². The number of nitrogens with zero attached hydrogens (tertiary/aromatic N) is 2. The number of benzene rings is 3. The van der Waals surface area contributed by atoms with Crippen LogP contribution in [0.4, 0.5) is 5.69 Å². The van der Waals surface area contributed by atoms with Gasteiger partial charge < -0.3 is 15.1 Å². The molecule has 3 aromatic rings. The summed E-state index contributed by atoms with van der Waals surface area (Å²) in [5.74, 6) is -0.102. The summed E-state index contributed by atoms with van der Waals surface area (Å²) in [5, 5.41) is 3.07. The summed E-state index contributed by atoms with van der Waals surface area (Å²) in [6, 6.07) is 24.9. The number of anilines is 1. The highest BCUT2D eigenvalue weighted by atomic mass is 16.2. The zero-order chi connectivity index (χ0) is 23.2. The third-order valence-corrected chi connectivity index (χ3v) is 6.47. The van der Waals surface area contributed by atoms with Crippen molar-refractivity contribution in [3.05, 3.63) is 101 Å². The van der Waals surface area contributed by atoms with E-state index >= 15 is 0 Å². The molecular weight excluding hydrogens is 410 g/mol. The van der Waals surface area contributed by atoms with Gasteiger partial charge in [-0.3, -0.25) is 9.59 Å². The molecule has 3 aromatic carbocycles. The van der Waals surface area contributed by atoms with Crippen molar-refractivity contribution in [1.82, 2.24) is 10.2 Å². The number of nitrogens with one attached hydrogen (secondary N) is 1. The molecule has 0 aliphatic carbocycles. The highest BCUT2D eigenvalue weighted by Gasteiger charge is 2.26. The van der Waals surface area contributed by atoms with Crippen LogP contribution in [0.15, 0.2) is 78.9 Å². The third-order valence-electron chi connectivity index (χ3n) is 6.47. The molecule has 0 radical (unpaired) electrons. The van der Waals surface area contributed by atoms with Crippen LogP contribution in [0, 0.1) is 13.8 Å². The van der Waals surface area contributed by atoms with E-state index in [0.717, 1.165) is 18.7 Å². The summed E-state index contributed by atoms with van der Waals surface area (Å²) in [6.07, 6.45) is 0.242. The summed E-state index contributed by atoms with van der Waals surface area (Å²) >= 11 is 0. The first-order valence-corrected chi connectivity index (χ1v) is 11.5. The molecule has 1 saturated heterocycles. The Hall–Kier alpha value is -3.60. The van der Waals surface area contributed by atoms with Gasteiger partial charge in [0.15, 0.2) is 0 Å². The molecule has 0 bridgehead atoms. The van der Waals surface area contributed by atoms with Gasteiger partial charge in [0.2, 0.25) is 5.91 Å². The number of hydrogen-bond donors (Lipinski definition) is 1. The van der Waals surface area contributed by atoms with E-state index in [1.54, 1.807) is 12.1 Å². The highest BCUT2D eigenvalue weighted by molar-refractivity contribution is 5.94. The van der Waals surface area contributed by atoms with E-state index < -0.39 is 0 Å². The van der Waals surface area contributed by atoms with Gasteiger partial charge >= 0.3 is 0 Å². The average Bonchev–Trinajstić information content (AvgIpc) is 2.86. The quantitative estimate of drug-likeness (QED) is 0.612. The van der Waals surface area contributed by atoms with Crippen molar-refractivity contribution < 1.29 is 9.59 Å². The summed E-state index contributed by atoms with van der Waals surface area (Å²) in [5.41, 5.74) is 5.35. The zero-order valence-corrected chi connectivity index (χ0v) is 19.3. The van der Waals surface area contributed by atoms with Gasteiger partial charge in [0.05, 0.1) is 12.5 Å². The minimum absolute atomic E-state index is 0.0674. The van der Waals surface area contributed by atoms with E-state index in [9.17, 15) is 9.59 Å². The zero-order valence-electron chi connectivity index (χ0n) is 19.3. The Morgan fingerprint density at radius 2 is 1.45 bits per heavy atom. The third kappa shape index (κ3) is 5.43. The lowest BCUT2D eigenvalue weighted by Crippen LogP contribution is -2.49. The maximum Gasteiger partial charge on any atom is 0.251 e. The maximum absolute atomic E-state index is 13.2. The molecule has 5 heteroatoms. The van der Waals surface area contributed by atoms with E-state index in [1.165, 1.54) is 16.8 Å². The van der Waals surface area contributed by atoms with Gasteiger partial charge in [0.1, 0.15) is 0 Å². The van der Waals surface area contributed by atoms with Crippen molar-refractivity contribution in [3.63, 3.8) is 0 Å². The van der Waals surface area contributed by atoms with Crippen molar-refractivity contribution in [1.29, 1.82) is 0 Å². The predicted molar refractivity (Wildman–Crippen MR) is 132 cm³/mol. The average molecular weight is 442 g/mol. The molecule has 33 heavy (non-hydrogen) atoms. The van der Waals surface area contributed by atoms with Crippen molar-refractivity contribution in [2.24, 2.45) is 0 Å². The first-order valence-electron chi connectivity index (χ1n) is 11.5. The Balaban J connectivity index is 1.42. The minimum Gasteiger partial charge on any atom is -0.368 e. The van der Waals surface area contributed by atoms with Crippen LogP contribution in [-0.2, 0) is 4.79 Å². The van der Waals surface area contributed by atoms with Crippen molar-refractivity contribution in [3.8, 4) is 0 Å². The molecule has 1 fully saturated rings. The molecule has 1 atom stereocenters. The lowest BCUT2D eigenvalue weighted by atomic mass is 10.0. The molecule has 1 heterocycles. The molecule has 0 spiro atoms. The van der Waals surface area contributed by atoms with Crippen molar-refractivity contribution in [2.75, 3.05) is 31.1 Å².